The van der Waals surface area contributed by atoms with Crippen molar-refractivity contribution in [3.05, 3.63) is 84.9 Å². The number of nitrogens with zero attached hydrogens (tertiary/aromatic N) is 2. The Morgan fingerprint density at radius 2 is 1.42 bits per heavy atom. The molecule has 0 atom stereocenters. The number of para-hydroxylation sites is 1. The molecular weight excluding hydrogens is 532 g/mol. The summed E-state index contributed by atoms with van der Waals surface area (Å²) in [5.74, 6) is 1.08. The molecule has 0 spiro atoms. The van der Waals surface area contributed by atoms with Crippen molar-refractivity contribution in [3.63, 3.8) is 0 Å². The third kappa shape index (κ3) is 6.67. The van der Waals surface area contributed by atoms with Gasteiger partial charge in [0.15, 0.2) is 5.82 Å². The molecule has 5 heteroatoms. The van der Waals surface area contributed by atoms with Crippen molar-refractivity contribution in [2.24, 2.45) is 0 Å². The number of rotatable bonds is 14. The highest BCUT2D eigenvalue weighted by Gasteiger charge is 2.15. The summed E-state index contributed by atoms with van der Waals surface area (Å²) in [5.41, 5.74) is 3.87. The number of ether oxygens (including phenoxy) is 1. The van der Waals surface area contributed by atoms with Crippen molar-refractivity contribution in [2.75, 3.05) is 6.61 Å². The quantitative estimate of drug-likeness (QED) is 0.131. The van der Waals surface area contributed by atoms with E-state index in [0.717, 1.165) is 46.0 Å². The second kappa shape index (κ2) is 13.7. The number of benzene rings is 4. The highest BCUT2D eigenvalue weighted by atomic mass is 16.5. The molecule has 6 aromatic rings. The Balaban J connectivity index is 1.21. The maximum absolute atomic E-state index is 10.6. The molecule has 0 fully saturated rings. The Morgan fingerprint density at radius 1 is 0.674 bits per heavy atom. The Bertz CT molecular complexity index is 1820. The van der Waals surface area contributed by atoms with Crippen LogP contribution in [-0.4, -0.2) is 21.7 Å². The third-order valence-corrected chi connectivity index (χ3v) is 8.25. The molecule has 1 N–H and O–H groups in total. The standard InChI is InChI=1S/C38H40N2O3/c1-2-3-4-5-6-7-8-9-10-15-24-42-36-26-32(39-38(40-36)30-18-13-14-19-33(30)41)28-20-22-31-35(25-28)43-34-23-21-27-16-11-12-17-29(27)37(31)34/h11-14,16-23,25-26,41H,2-10,15,24H2,1H3. The van der Waals surface area contributed by atoms with Gasteiger partial charge in [-0.3, -0.25) is 0 Å². The second-order valence-corrected chi connectivity index (χ2v) is 11.4. The zero-order valence-corrected chi connectivity index (χ0v) is 25.0. The molecule has 2 heterocycles. The Kier molecular flexibility index (Phi) is 9.17. The van der Waals surface area contributed by atoms with E-state index in [4.69, 9.17) is 14.1 Å². The first kappa shape index (κ1) is 28.7. The van der Waals surface area contributed by atoms with Crippen LogP contribution >= 0.6 is 0 Å². The van der Waals surface area contributed by atoms with Gasteiger partial charge in [0.1, 0.15) is 16.9 Å². The van der Waals surface area contributed by atoms with Gasteiger partial charge in [0.05, 0.1) is 17.9 Å². The van der Waals surface area contributed by atoms with Crippen molar-refractivity contribution >= 4 is 32.7 Å². The Labute approximate surface area is 253 Å². The molecule has 0 aliphatic carbocycles. The minimum Gasteiger partial charge on any atom is -0.507 e. The van der Waals surface area contributed by atoms with Crippen LogP contribution in [-0.2, 0) is 0 Å². The van der Waals surface area contributed by atoms with Crippen LogP contribution in [0.1, 0.15) is 71.1 Å². The SMILES string of the molecule is CCCCCCCCCCCCOc1cc(-c2ccc3c(c2)oc2ccc4ccccc4c23)nc(-c2ccccc2O)n1. The van der Waals surface area contributed by atoms with Gasteiger partial charge in [-0.15, -0.1) is 0 Å². The summed E-state index contributed by atoms with van der Waals surface area (Å²) in [6.45, 7) is 2.86. The molecule has 0 aliphatic rings. The molecule has 43 heavy (non-hydrogen) atoms. The first-order chi connectivity index (χ1) is 21.2. The van der Waals surface area contributed by atoms with Gasteiger partial charge in [0.25, 0.3) is 0 Å². The van der Waals surface area contributed by atoms with Crippen molar-refractivity contribution in [1.29, 1.82) is 0 Å². The minimum absolute atomic E-state index is 0.139. The molecule has 6 rings (SSSR count). The topological polar surface area (TPSA) is 68.4 Å². The number of aromatic hydroxyl groups is 1. The lowest BCUT2D eigenvalue weighted by molar-refractivity contribution is 0.293. The Hall–Kier alpha value is -4.38. The molecule has 0 amide bonds. The van der Waals surface area contributed by atoms with Gasteiger partial charge >= 0.3 is 0 Å². The molecule has 0 radical (unpaired) electrons. The second-order valence-electron chi connectivity index (χ2n) is 11.4. The molecular formula is C38H40N2O3. The molecule has 0 unspecified atom stereocenters. The molecule has 5 nitrogen and oxygen atoms in total. The fourth-order valence-corrected chi connectivity index (χ4v) is 5.90. The van der Waals surface area contributed by atoms with Crippen LogP contribution in [0.2, 0.25) is 0 Å². The fraction of sp³-hybridized carbons (Fsp3) is 0.316. The van der Waals surface area contributed by atoms with Gasteiger partial charge < -0.3 is 14.3 Å². The molecule has 0 saturated heterocycles. The van der Waals surface area contributed by atoms with Crippen molar-refractivity contribution in [1.82, 2.24) is 9.97 Å². The van der Waals surface area contributed by atoms with E-state index in [1.165, 1.54) is 62.1 Å². The van der Waals surface area contributed by atoms with E-state index in [9.17, 15) is 5.11 Å². The number of fused-ring (bicyclic) bond motifs is 5. The molecule has 0 saturated carbocycles. The van der Waals surface area contributed by atoms with Gasteiger partial charge in [-0.05, 0) is 47.5 Å². The maximum Gasteiger partial charge on any atom is 0.217 e. The van der Waals surface area contributed by atoms with Crippen LogP contribution in [0, 0.1) is 0 Å². The van der Waals surface area contributed by atoms with Crippen LogP contribution in [0.25, 0.3) is 55.4 Å². The Morgan fingerprint density at radius 3 is 2.23 bits per heavy atom. The van der Waals surface area contributed by atoms with E-state index >= 15 is 0 Å². The summed E-state index contributed by atoms with van der Waals surface area (Å²) in [5, 5.41) is 15.1. The highest BCUT2D eigenvalue weighted by Crippen LogP contribution is 2.37. The summed E-state index contributed by atoms with van der Waals surface area (Å²) in [6, 6.07) is 27.8. The first-order valence-electron chi connectivity index (χ1n) is 15.9. The van der Waals surface area contributed by atoms with Crippen molar-refractivity contribution < 1.29 is 14.3 Å². The lowest BCUT2D eigenvalue weighted by Crippen LogP contribution is -2.02. The monoisotopic (exact) mass is 572 g/mol. The van der Waals surface area contributed by atoms with Crippen LogP contribution < -0.4 is 4.74 Å². The van der Waals surface area contributed by atoms with E-state index in [2.05, 4.69) is 54.4 Å². The van der Waals surface area contributed by atoms with Gasteiger partial charge in [-0.2, -0.15) is 4.98 Å². The van der Waals surface area contributed by atoms with Gasteiger partial charge in [-0.25, -0.2) is 4.98 Å². The fourth-order valence-electron chi connectivity index (χ4n) is 5.90. The molecule has 0 aliphatic heterocycles. The molecule has 220 valence electrons. The van der Waals surface area contributed by atoms with Gasteiger partial charge in [0.2, 0.25) is 5.88 Å². The highest BCUT2D eigenvalue weighted by molar-refractivity contribution is 6.19. The van der Waals surface area contributed by atoms with Crippen LogP contribution in [0.15, 0.2) is 89.3 Å². The predicted octanol–water partition coefficient (Wildman–Crippen LogP) is 10.9. The van der Waals surface area contributed by atoms with Crippen LogP contribution in [0.3, 0.4) is 0 Å². The van der Waals surface area contributed by atoms with E-state index in [-0.39, 0.29) is 5.75 Å². The third-order valence-electron chi connectivity index (χ3n) is 8.25. The van der Waals surface area contributed by atoms with Crippen LogP contribution in [0.5, 0.6) is 11.6 Å². The lowest BCUT2D eigenvalue weighted by atomic mass is 10.0. The van der Waals surface area contributed by atoms with E-state index in [1.54, 1.807) is 12.1 Å². The van der Waals surface area contributed by atoms with Crippen molar-refractivity contribution in [3.8, 4) is 34.3 Å². The summed E-state index contributed by atoms with van der Waals surface area (Å²) in [7, 11) is 0. The predicted molar refractivity (Wildman–Crippen MR) is 177 cm³/mol. The van der Waals surface area contributed by atoms with Gasteiger partial charge in [-0.1, -0.05) is 113 Å². The smallest absolute Gasteiger partial charge is 0.217 e. The average Bonchev–Trinajstić information content (AvgIpc) is 3.42. The molecule has 0 bridgehead atoms. The summed E-state index contributed by atoms with van der Waals surface area (Å²) in [4.78, 5) is 9.54. The van der Waals surface area contributed by atoms with E-state index in [1.807, 2.05) is 30.3 Å². The van der Waals surface area contributed by atoms with E-state index in [0.29, 0.717) is 23.9 Å². The summed E-state index contributed by atoms with van der Waals surface area (Å²) < 4.78 is 12.5. The number of furan rings is 1. The maximum atomic E-state index is 10.6. The van der Waals surface area contributed by atoms with Crippen LogP contribution in [0.4, 0.5) is 0 Å². The summed E-state index contributed by atoms with van der Waals surface area (Å²) in [6.07, 6.45) is 12.8. The first-order valence-corrected chi connectivity index (χ1v) is 15.9. The van der Waals surface area contributed by atoms with E-state index < -0.39 is 0 Å². The number of aromatic nitrogens is 2. The number of hydrogen-bond donors (Lipinski definition) is 1. The minimum atomic E-state index is 0.139. The van der Waals surface area contributed by atoms with Gasteiger partial charge in [0, 0.05) is 22.4 Å². The molecule has 2 aromatic heterocycles. The summed E-state index contributed by atoms with van der Waals surface area (Å²) >= 11 is 0. The molecule has 4 aromatic carbocycles. The normalized spacial score (nSPS) is 11.6. The number of unbranched alkanes of at least 4 members (excludes halogenated alkanes) is 9. The number of phenolic OH excluding ortho intramolecular Hbond substituents is 1. The largest absolute Gasteiger partial charge is 0.507 e. The number of hydrogen-bond acceptors (Lipinski definition) is 5. The number of phenols is 1. The lowest BCUT2D eigenvalue weighted by Gasteiger charge is -2.11. The zero-order valence-electron chi connectivity index (χ0n) is 25.0. The average molecular weight is 573 g/mol. The zero-order chi connectivity index (χ0) is 29.4. The van der Waals surface area contributed by atoms with Crippen molar-refractivity contribution in [2.45, 2.75) is 71.1 Å².